The third-order valence-corrected chi connectivity index (χ3v) is 5.88. The van der Waals surface area contributed by atoms with Crippen molar-refractivity contribution in [3.05, 3.63) is 52.3 Å². The highest BCUT2D eigenvalue weighted by atomic mass is 32.3. The minimum Gasteiger partial charge on any atom is -0.499 e. The Morgan fingerprint density at radius 1 is 1.25 bits per heavy atom. The van der Waals surface area contributed by atoms with Crippen molar-refractivity contribution in [2.24, 2.45) is 4.40 Å². The molecule has 0 unspecified atom stereocenters. The third kappa shape index (κ3) is 2.16. The lowest BCUT2D eigenvalue weighted by Gasteiger charge is -2.33. The Balaban J connectivity index is 1.94. The number of amidine groups is 1. The van der Waals surface area contributed by atoms with E-state index in [0.29, 0.717) is 15.9 Å². The van der Waals surface area contributed by atoms with Crippen LogP contribution < -0.4 is 16.7 Å². The van der Waals surface area contributed by atoms with E-state index in [0.717, 1.165) is 16.0 Å². The number of nitrogens with zero attached hydrogens (tertiary/aromatic N) is 2. The van der Waals surface area contributed by atoms with Gasteiger partial charge < -0.3 is 16.3 Å². The lowest BCUT2D eigenvalue weighted by atomic mass is 10.2. The van der Waals surface area contributed by atoms with E-state index in [-0.39, 0.29) is 21.4 Å². The van der Waals surface area contributed by atoms with Gasteiger partial charge in [0.05, 0.1) is 21.5 Å². The molecule has 8 nitrogen and oxygen atoms in total. The molecule has 0 fully saturated rings. The summed E-state index contributed by atoms with van der Waals surface area (Å²) in [5.74, 6) is 5.82. The normalized spacial score (nSPS) is 17.0. The van der Waals surface area contributed by atoms with Crippen molar-refractivity contribution in [3.63, 3.8) is 0 Å². The van der Waals surface area contributed by atoms with Gasteiger partial charge in [0.2, 0.25) is 0 Å². The van der Waals surface area contributed by atoms with Gasteiger partial charge in [-0.1, -0.05) is 34.2 Å². The second-order valence-corrected chi connectivity index (χ2v) is 7.87. The molecular formula is C14H12N4O4S2. The monoisotopic (exact) mass is 364 g/mol. The molecule has 0 bridgehead atoms. The van der Waals surface area contributed by atoms with Crippen LogP contribution in [-0.4, -0.2) is 24.7 Å². The summed E-state index contributed by atoms with van der Waals surface area (Å²) in [6, 6.07) is 9.52. The van der Waals surface area contributed by atoms with E-state index in [9.17, 15) is 19.0 Å². The number of aromatic nitrogens is 1. The third-order valence-electron chi connectivity index (χ3n) is 3.62. The van der Waals surface area contributed by atoms with Crippen LogP contribution in [0.1, 0.15) is 5.56 Å². The van der Waals surface area contributed by atoms with Gasteiger partial charge in [-0.15, -0.1) is 4.40 Å². The molecule has 6 N–H and O–H groups in total. The molecule has 0 atom stereocenters. The second-order valence-electron chi connectivity index (χ2n) is 5.15. The topological polar surface area (TPSA) is 133 Å². The average molecular weight is 364 g/mol. The summed E-state index contributed by atoms with van der Waals surface area (Å²) in [5.41, 5.74) is 0.358. The van der Waals surface area contributed by atoms with Crippen LogP contribution in [-0.2, 0) is 0 Å². The molecule has 10 heteroatoms. The molecule has 0 saturated carbocycles. The van der Waals surface area contributed by atoms with E-state index in [1.807, 2.05) is 0 Å². The Labute approximate surface area is 141 Å². The van der Waals surface area contributed by atoms with Crippen LogP contribution in [0, 0.1) is 0 Å². The minimum absolute atomic E-state index is 0.0210. The molecule has 1 aliphatic rings. The van der Waals surface area contributed by atoms with Gasteiger partial charge in [-0.25, -0.2) is 4.68 Å². The van der Waals surface area contributed by atoms with Crippen molar-refractivity contribution in [2.75, 3.05) is 11.2 Å². The van der Waals surface area contributed by atoms with E-state index in [4.69, 9.17) is 5.84 Å². The number of nitrogens with one attached hydrogen (secondary N) is 1. The Morgan fingerprint density at radius 3 is 2.79 bits per heavy atom. The summed E-state index contributed by atoms with van der Waals surface area (Å²) < 4.78 is 25.9. The summed E-state index contributed by atoms with van der Waals surface area (Å²) in [5, 5.41) is 12.6. The van der Waals surface area contributed by atoms with Crippen LogP contribution in [0.5, 0.6) is 5.06 Å². The summed E-state index contributed by atoms with van der Waals surface area (Å²) in [4.78, 5) is 12.8. The molecule has 0 amide bonds. The maximum atomic E-state index is 12.5. The first-order valence-electron chi connectivity index (χ1n) is 6.75. The van der Waals surface area contributed by atoms with E-state index >= 15 is 0 Å². The molecule has 3 aromatic rings. The van der Waals surface area contributed by atoms with Crippen molar-refractivity contribution in [1.29, 1.82) is 0 Å². The summed E-state index contributed by atoms with van der Waals surface area (Å²) in [6.07, 6.45) is 0. The molecule has 0 radical (unpaired) electrons. The van der Waals surface area contributed by atoms with E-state index in [1.165, 1.54) is 12.1 Å². The number of pyridine rings is 1. The van der Waals surface area contributed by atoms with E-state index in [1.54, 1.807) is 24.3 Å². The molecule has 3 heterocycles. The van der Waals surface area contributed by atoms with Crippen molar-refractivity contribution >= 4 is 43.9 Å². The molecule has 0 saturated heterocycles. The number of fused-ring (bicyclic) bond motifs is 2. The van der Waals surface area contributed by atoms with Crippen LogP contribution in [0.3, 0.4) is 0 Å². The smallest absolute Gasteiger partial charge is 0.280 e. The first kappa shape index (κ1) is 15.0. The fraction of sp³-hybridized carbons (Fsp3) is 0. The average Bonchev–Trinajstić information content (AvgIpc) is 2.91. The maximum absolute atomic E-state index is 12.5. The standard InChI is InChI=1S/C14H12N4O4S2/c15-18-9-6-12(19)23-10(9)5-7(14(18)20)13-16-8-3-1-2-4-11(8)24(21,22)17-13/h1-6,19,21-22H,15H2,(H,16,17). The maximum Gasteiger partial charge on any atom is 0.280 e. The fourth-order valence-corrected chi connectivity index (χ4v) is 4.53. The molecule has 24 heavy (non-hydrogen) atoms. The number of rotatable bonds is 1. The Hall–Kier alpha value is -2.53. The number of benzene rings is 1. The SMILES string of the molecule is Nn1c(=O)c(C2=NS(O)(O)c3ccccc3N2)cc2sc(O)cc21. The van der Waals surface area contributed by atoms with Crippen molar-refractivity contribution in [2.45, 2.75) is 4.90 Å². The number of hydrogen-bond acceptors (Lipinski definition) is 8. The summed E-state index contributed by atoms with van der Waals surface area (Å²) in [7, 11) is -3.43. The van der Waals surface area contributed by atoms with Gasteiger partial charge in [0.15, 0.2) is 10.9 Å². The summed E-state index contributed by atoms with van der Waals surface area (Å²) >= 11 is 1.05. The molecule has 4 rings (SSSR count). The summed E-state index contributed by atoms with van der Waals surface area (Å²) in [6.45, 7) is 0. The Bertz CT molecular complexity index is 1070. The molecule has 1 aliphatic heterocycles. The zero-order valence-corrected chi connectivity index (χ0v) is 13.6. The van der Waals surface area contributed by atoms with Crippen molar-refractivity contribution in [3.8, 4) is 5.06 Å². The highest BCUT2D eigenvalue weighted by molar-refractivity contribution is 8.23. The van der Waals surface area contributed by atoms with Gasteiger partial charge in [0, 0.05) is 6.07 Å². The molecule has 1 aromatic carbocycles. The molecule has 124 valence electrons. The largest absolute Gasteiger partial charge is 0.499 e. The Kier molecular flexibility index (Phi) is 3.12. The van der Waals surface area contributed by atoms with Crippen molar-refractivity contribution < 1.29 is 14.2 Å². The predicted octanol–water partition coefficient (Wildman–Crippen LogP) is 2.38. The lowest BCUT2D eigenvalue weighted by molar-refractivity contribution is 0.489. The van der Waals surface area contributed by atoms with Gasteiger partial charge in [0.25, 0.3) is 5.56 Å². The minimum atomic E-state index is -3.43. The van der Waals surface area contributed by atoms with Gasteiger partial charge in [0.1, 0.15) is 4.90 Å². The first-order chi connectivity index (χ1) is 11.4. The van der Waals surface area contributed by atoms with Gasteiger partial charge in [-0.05, 0) is 18.2 Å². The van der Waals surface area contributed by atoms with Gasteiger partial charge in [-0.2, -0.15) is 0 Å². The Morgan fingerprint density at radius 2 is 2.00 bits per heavy atom. The number of nitrogen functional groups attached to an aromatic ring is 1. The quantitative estimate of drug-likeness (QED) is 0.421. The van der Waals surface area contributed by atoms with Crippen LogP contribution in [0.15, 0.2) is 50.5 Å². The molecule has 0 spiro atoms. The number of hydrogen-bond donors (Lipinski definition) is 5. The number of nitrogens with two attached hydrogens (primary N) is 1. The van der Waals surface area contributed by atoms with Crippen LogP contribution in [0.2, 0.25) is 0 Å². The van der Waals surface area contributed by atoms with Crippen LogP contribution in [0.4, 0.5) is 5.69 Å². The number of aromatic hydroxyl groups is 1. The van der Waals surface area contributed by atoms with Gasteiger partial charge in [-0.3, -0.25) is 13.9 Å². The second kappa shape index (κ2) is 4.98. The van der Waals surface area contributed by atoms with Crippen LogP contribution in [0.25, 0.3) is 10.2 Å². The highest BCUT2D eigenvalue weighted by Crippen LogP contribution is 2.55. The molecule has 2 aromatic heterocycles. The molecular weight excluding hydrogens is 352 g/mol. The van der Waals surface area contributed by atoms with Gasteiger partial charge >= 0.3 is 0 Å². The van der Waals surface area contributed by atoms with Crippen molar-refractivity contribution in [1.82, 2.24) is 4.68 Å². The molecule has 0 aliphatic carbocycles. The predicted molar refractivity (Wildman–Crippen MR) is 95.6 cm³/mol. The highest BCUT2D eigenvalue weighted by Gasteiger charge is 2.27. The fourth-order valence-electron chi connectivity index (χ4n) is 2.53. The number of anilines is 1. The van der Waals surface area contributed by atoms with E-state index < -0.39 is 16.3 Å². The zero-order valence-electron chi connectivity index (χ0n) is 12.0. The zero-order chi connectivity index (χ0) is 17.1. The van der Waals surface area contributed by atoms with E-state index in [2.05, 4.69) is 9.71 Å². The number of para-hydroxylation sites is 1. The lowest BCUT2D eigenvalue weighted by Crippen LogP contribution is -2.34. The first-order valence-corrected chi connectivity index (χ1v) is 9.07. The van der Waals surface area contributed by atoms with Crippen LogP contribution >= 0.6 is 22.1 Å². The number of thiophene rings is 1.